The predicted octanol–water partition coefficient (Wildman–Crippen LogP) is 3.73. The van der Waals surface area contributed by atoms with E-state index in [1.165, 1.54) is 0 Å². The van der Waals surface area contributed by atoms with E-state index in [1.54, 1.807) is 34.4 Å². The van der Waals surface area contributed by atoms with Crippen molar-refractivity contribution in [3.05, 3.63) is 44.2 Å². The van der Waals surface area contributed by atoms with Gasteiger partial charge in [-0.2, -0.15) is 0 Å². The quantitative estimate of drug-likeness (QED) is 0.834. The predicted molar refractivity (Wildman–Crippen MR) is 82.5 cm³/mol. The summed E-state index contributed by atoms with van der Waals surface area (Å²) in [7, 11) is 0. The molecule has 1 aromatic heterocycles. The zero-order valence-corrected chi connectivity index (χ0v) is 12.7. The molecule has 0 saturated carbocycles. The van der Waals surface area contributed by atoms with Crippen LogP contribution >= 0.6 is 33.9 Å². The summed E-state index contributed by atoms with van der Waals surface area (Å²) in [4.78, 5) is 14.0. The highest BCUT2D eigenvalue weighted by Gasteiger charge is 2.17. The van der Waals surface area contributed by atoms with E-state index in [9.17, 15) is 9.90 Å². The fourth-order valence-corrected chi connectivity index (χ4v) is 3.00. The van der Waals surface area contributed by atoms with Crippen molar-refractivity contribution in [2.75, 3.05) is 11.4 Å². The van der Waals surface area contributed by atoms with Gasteiger partial charge >= 0.3 is 0 Å². The minimum Gasteiger partial charge on any atom is -0.508 e. The molecule has 0 fully saturated rings. The minimum absolute atomic E-state index is 0.0396. The molecule has 0 aliphatic rings. The second-order valence-corrected chi connectivity index (χ2v) is 6.51. The molecule has 5 heteroatoms. The maximum Gasteiger partial charge on any atom is 0.259 e. The number of carbonyl (C=O) groups is 1. The second kappa shape index (κ2) is 5.71. The first-order valence-corrected chi connectivity index (χ1v) is 7.42. The summed E-state index contributed by atoms with van der Waals surface area (Å²) in [5.41, 5.74) is 1.40. The summed E-state index contributed by atoms with van der Waals surface area (Å²) in [6.07, 6.45) is 0. The van der Waals surface area contributed by atoms with Crippen LogP contribution in [-0.4, -0.2) is 17.6 Å². The largest absolute Gasteiger partial charge is 0.508 e. The first-order valence-electron chi connectivity index (χ1n) is 5.46. The Balaban J connectivity index is 2.31. The van der Waals surface area contributed by atoms with Crippen molar-refractivity contribution in [1.82, 2.24) is 0 Å². The summed E-state index contributed by atoms with van der Waals surface area (Å²) in [5, 5.41) is 11.3. The van der Waals surface area contributed by atoms with E-state index in [2.05, 4.69) is 22.6 Å². The van der Waals surface area contributed by atoms with Crippen molar-refractivity contribution in [3.8, 4) is 5.75 Å². The van der Waals surface area contributed by atoms with Crippen LogP contribution in [0, 0.1) is 2.88 Å². The van der Waals surface area contributed by atoms with Crippen molar-refractivity contribution in [1.29, 1.82) is 0 Å². The Morgan fingerprint density at radius 1 is 1.44 bits per heavy atom. The molecule has 0 aliphatic carbocycles. The Labute approximate surface area is 123 Å². The third-order valence-corrected chi connectivity index (χ3v) is 4.31. The van der Waals surface area contributed by atoms with Gasteiger partial charge in [0.1, 0.15) is 5.75 Å². The first-order chi connectivity index (χ1) is 8.61. The fraction of sp³-hybridized carbons (Fsp3) is 0.154. The number of amides is 1. The fourth-order valence-electron chi connectivity index (χ4n) is 1.68. The van der Waals surface area contributed by atoms with Crippen LogP contribution in [0.1, 0.15) is 17.3 Å². The number of thiophene rings is 1. The zero-order valence-electron chi connectivity index (χ0n) is 9.76. The van der Waals surface area contributed by atoms with Crippen LogP contribution in [0.25, 0.3) is 0 Å². The smallest absolute Gasteiger partial charge is 0.259 e. The molecule has 94 valence electrons. The van der Waals surface area contributed by atoms with Crippen LogP contribution in [-0.2, 0) is 0 Å². The van der Waals surface area contributed by atoms with E-state index < -0.39 is 0 Å². The SMILES string of the molecule is CCN(C(=O)c1csc(I)c1)c1cccc(O)c1. The second-order valence-electron chi connectivity index (χ2n) is 3.71. The Morgan fingerprint density at radius 2 is 2.22 bits per heavy atom. The van der Waals surface area contributed by atoms with Gasteiger partial charge in [-0.25, -0.2) is 0 Å². The molecular weight excluding hydrogens is 361 g/mol. The van der Waals surface area contributed by atoms with Crippen LogP contribution in [0.5, 0.6) is 5.75 Å². The zero-order chi connectivity index (χ0) is 13.1. The maximum absolute atomic E-state index is 12.3. The molecule has 1 amide bonds. The van der Waals surface area contributed by atoms with Crippen LogP contribution < -0.4 is 4.90 Å². The van der Waals surface area contributed by atoms with Gasteiger partial charge in [0.05, 0.1) is 8.45 Å². The van der Waals surface area contributed by atoms with Crippen LogP contribution in [0.4, 0.5) is 5.69 Å². The molecule has 0 saturated heterocycles. The highest BCUT2D eigenvalue weighted by Crippen LogP contribution is 2.24. The van der Waals surface area contributed by atoms with E-state index in [-0.39, 0.29) is 11.7 Å². The van der Waals surface area contributed by atoms with E-state index >= 15 is 0 Å². The molecule has 0 unspecified atom stereocenters. The van der Waals surface area contributed by atoms with Gasteiger partial charge in [-0.3, -0.25) is 4.79 Å². The number of anilines is 1. The molecule has 0 bridgehead atoms. The van der Waals surface area contributed by atoms with Gasteiger partial charge in [0.15, 0.2) is 0 Å². The molecular formula is C13H12INO2S. The minimum atomic E-state index is -0.0396. The van der Waals surface area contributed by atoms with E-state index in [4.69, 9.17) is 0 Å². The molecule has 3 nitrogen and oxygen atoms in total. The van der Waals surface area contributed by atoms with E-state index in [1.807, 2.05) is 24.4 Å². The number of phenols is 1. The van der Waals surface area contributed by atoms with Gasteiger partial charge < -0.3 is 10.0 Å². The summed E-state index contributed by atoms with van der Waals surface area (Å²) in [5.74, 6) is 0.126. The lowest BCUT2D eigenvalue weighted by Gasteiger charge is -2.20. The maximum atomic E-state index is 12.3. The average molecular weight is 373 g/mol. The summed E-state index contributed by atoms with van der Waals surface area (Å²) < 4.78 is 1.09. The number of aromatic hydroxyl groups is 1. The number of halogens is 1. The molecule has 1 N–H and O–H groups in total. The van der Waals surface area contributed by atoms with Crippen LogP contribution in [0.2, 0.25) is 0 Å². The van der Waals surface area contributed by atoms with Gasteiger partial charge in [-0.15, -0.1) is 11.3 Å². The molecule has 1 aromatic carbocycles. The number of hydrogen-bond donors (Lipinski definition) is 1. The van der Waals surface area contributed by atoms with Crippen LogP contribution in [0.15, 0.2) is 35.7 Å². The summed E-state index contributed by atoms with van der Waals surface area (Å²) in [6.45, 7) is 2.48. The Bertz CT molecular complexity index is 568. The van der Waals surface area contributed by atoms with E-state index in [0.717, 1.165) is 2.88 Å². The number of hydrogen-bond acceptors (Lipinski definition) is 3. The normalized spacial score (nSPS) is 10.3. The van der Waals surface area contributed by atoms with Crippen molar-refractivity contribution in [2.45, 2.75) is 6.92 Å². The molecule has 2 rings (SSSR count). The standard InChI is InChI=1S/C13H12INO2S/c1-2-15(10-4-3-5-11(16)7-10)13(17)9-6-12(14)18-8-9/h3-8,16H,2H2,1H3. The summed E-state index contributed by atoms with van der Waals surface area (Å²) in [6, 6.07) is 8.61. The molecule has 0 aliphatic heterocycles. The number of carbonyl (C=O) groups excluding carboxylic acids is 1. The van der Waals surface area contributed by atoms with Crippen LogP contribution in [0.3, 0.4) is 0 Å². The van der Waals surface area contributed by atoms with Crippen molar-refractivity contribution in [2.24, 2.45) is 0 Å². The number of rotatable bonds is 3. The van der Waals surface area contributed by atoms with Gasteiger partial charge in [0.2, 0.25) is 0 Å². The number of nitrogens with zero attached hydrogens (tertiary/aromatic N) is 1. The van der Waals surface area contributed by atoms with Gasteiger partial charge in [0, 0.05) is 23.7 Å². The average Bonchev–Trinajstić information content (AvgIpc) is 2.77. The van der Waals surface area contributed by atoms with Crippen molar-refractivity contribution < 1.29 is 9.90 Å². The molecule has 0 atom stereocenters. The number of benzene rings is 1. The molecule has 0 radical (unpaired) electrons. The third-order valence-electron chi connectivity index (χ3n) is 2.52. The lowest BCUT2D eigenvalue weighted by molar-refractivity contribution is 0.0988. The lowest BCUT2D eigenvalue weighted by atomic mass is 10.2. The lowest BCUT2D eigenvalue weighted by Crippen LogP contribution is -2.30. The van der Waals surface area contributed by atoms with Gasteiger partial charge in [0.25, 0.3) is 5.91 Å². The monoisotopic (exact) mass is 373 g/mol. The summed E-state index contributed by atoms with van der Waals surface area (Å²) >= 11 is 3.75. The molecule has 1 heterocycles. The molecule has 0 spiro atoms. The Hall–Kier alpha value is -1.08. The van der Waals surface area contributed by atoms with Gasteiger partial charge in [-0.05, 0) is 47.7 Å². The highest BCUT2D eigenvalue weighted by atomic mass is 127. The van der Waals surface area contributed by atoms with Gasteiger partial charge in [-0.1, -0.05) is 6.07 Å². The Kier molecular flexibility index (Phi) is 4.23. The van der Waals surface area contributed by atoms with E-state index in [0.29, 0.717) is 17.8 Å². The number of phenolic OH excluding ortho intramolecular Hbond substituents is 1. The topological polar surface area (TPSA) is 40.5 Å². The third kappa shape index (κ3) is 2.84. The molecule has 2 aromatic rings. The highest BCUT2D eigenvalue weighted by molar-refractivity contribution is 14.1. The molecule has 18 heavy (non-hydrogen) atoms. The van der Waals surface area contributed by atoms with Crippen molar-refractivity contribution in [3.63, 3.8) is 0 Å². The first kappa shape index (κ1) is 13.4. The Morgan fingerprint density at radius 3 is 2.78 bits per heavy atom. The van der Waals surface area contributed by atoms with Crippen molar-refractivity contribution >= 4 is 45.5 Å².